The van der Waals surface area contributed by atoms with Gasteiger partial charge in [0.05, 0.1) is 5.92 Å². The van der Waals surface area contributed by atoms with Crippen molar-refractivity contribution in [3.63, 3.8) is 0 Å². The average molecular weight is 265 g/mol. The summed E-state index contributed by atoms with van der Waals surface area (Å²) in [5, 5.41) is 2.82. The van der Waals surface area contributed by atoms with Crippen LogP contribution in [0.25, 0.3) is 0 Å². The van der Waals surface area contributed by atoms with Gasteiger partial charge in [-0.25, -0.2) is 0 Å². The Bertz CT molecular complexity index is 375. The first-order chi connectivity index (χ1) is 9.15. The molecule has 0 spiro atoms. The molecule has 0 radical (unpaired) electrons. The maximum absolute atomic E-state index is 12.6. The largest absolute Gasteiger partial charge is 0.355 e. The standard InChI is InChI=1S/C14H23N3O2/c1-10-8-16-6-2-3-12(16)9-17(10)14(19)11-4-5-13(18)15-7-11/h10-12H,2-9H2,1H3,(H,15,18). The van der Waals surface area contributed by atoms with Crippen molar-refractivity contribution in [2.24, 2.45) is 5.92 Å². The van der Waals surface area contributed by atoms with E-state index in [-0.39, 0.29) is 17.7 Å². The van der Waals surface area contributed by atoms with Crippen LogP contribution in [0.3, 0.4) is 0 Å². The fourth-order valence-corrected chi connectivity index (χ4v) is 3.67. The molecule has 5 heteroatoms. The third-order valence-corrected chi connectivity index (χ3v) is 4.84. The summed E-state index contributed by atoms with van der Waals surface area (Å²) in [6.07, 6.45) is 3.69. The first kappa shape index (κ1) is 12.9. The van der Waals surface area contributed by atoms with Crippen LogP contribution in [0, 0.1) is 5.92 Å². The van der Waals surface area contributed by atoms with Crippen molar-refractivity contribution >= 4 is 11.8 Å². The summed E-state index contributed by atoms with van der Waals surface area (Å²) in [6.45, 7) is 5.75. The van der Waals surface area contributed by atoms with Crippen molar-refractivity contribution in [2.45, 2.75) is 44.7 Å². The third kappa shape index (κ3) is 2.48. The van der Waals surface area contributed by atoms with Gasteiger partial charge in [0.1, 0.15) is 0 Å². The van der Waals surface area contributed by atoms with Gasteiger partial charge in [0.15, 0.2) is 0 Å². The Kier molecular flexibility index (Phi) is 3.48. The first-order valence-corrected chi connectivity index (χ1v) is 7.46. The molecule has 0 aromatic heterocycles. The van der Waals surface area contributed by atoms with Crippen LogP contribution in [0.5, 0.6) is 0 Å². The minimum Gasteiger partial charge on any atom is -0.355 e. The molecule has 106 valence electrons. The molecule has 3 aliphatic rings. The minimum absolute atomic E-state index is 0.00639. The van der Waals surface area contributed by atoms with Crippen molar-refractivity contribution in [3.05, 3.63) is 0 Å². The predicted molar refractivity (Wildman–Crippen MR) is 71.5 cm³/mol. The molecule has 5 nitrogen and oxygen atoms in total. The van der Waals surface area contributed by atoms with E-state index in [0.717, 1.165) is 13.1 Å². The van der Waals surface area contributed by atoms with E-state index in [2.05, 4.69) is 22.0 Å². The van der Waals surface area contributed by atoms with Crippen LogP contribution in [0.2, 0.25) is 0 Å². The zero-order valence-corrected chi connectivity index (χ0v) is 11.6. The van der Waals surface area contributed by atoms with Crippen molar-refractivity contribution in [3.8, 4) is 0 Å². The summed E-state index contributed by atoms with van der Waals surface area (Å²) < 4.78 is 0. The van der Waals surface area contributed by atoms with E-state index >= 15 is 0 Å². The molecule has 3 aliphatic heterocycles. The van der Waals surface area contributed by atoms with Gasteiger partial charge in [-0.05, 0) is 32.7 Å². The second-order valence-electron chi connectivity index (χ2n) is 6.17. The molecule has 3 heterocycles. The second kappa shape index (κ2) is 5.12. The lowest BCUT2D eigenvalue weighted by molar-refractivity contribution is -0.142. The van der Waals surface area contributed by atoms with Crippen LogP contribution in [-0.4, -0.2) is 59.9 Å². The molecule has 3 rings (SSSR count). The van der Waals surface area contributed by atoms with Gasteiger partial charge in [-0.3, -0.25) is 14.5 Å². The fraction of sp³-hybridized carbons (Fsp3) is 0.857. The highest BCUT2D eigenvalue weighted by molar-refractivity contribution is 5.84. The lowest BCUT2D eigenvalue weighted by Crippen LogP contribution is -2.59. The van der Waals surface area contributed by atoms with Crippen molar-refractivity contribution in [2.75, 3.05) is 26.2 Å². The number of amides is 2. The van der Waals surface area contributed by atoms with Gasteiger partial charge >= 0.3 is 0 Å². The molecular formula is C14H23N3O2. The van der Waals surface area contributed by atoms with Crippen molar-refractivity contribution in [1.82, 2.24) is 15.1 Å². The minimum atomic E-state index is -0.00639. The number of hydrogen-bond acceptors (Lipinski definition) is 3. The number of fused-ring (bicyclic) bond motifs is 1. The number of piperazine rings is 1. The molecule has 3 fully saturated rings. The molecule has 0 saturated carbocycles. The van der Waals surface area contributed by atoms with E-state index in [0.29, 0.717) is 31.5 Å². The second-order valence-corrected chi connectivity index (χ2v) is 6.17. The Labute approximate surface area is 114 Å². The van der Waals surface area contributed by atoms with Crippen LogP contribution in [0.4, 0.5) is 0 Å². The number of rotatable bonds is 1. The summed E-state index contributed by atoms with van der Waals surface area (Å²) in [5.41, 5.74) is 0. The molecule has 3 saturated heterocycles. The van der Waals surface area contributed by atoms with Crippen LogP contribution in [0.1, 0.15) is 32.6 Å². The summed E-state index contributed by atoms with van der Waals surface area (Å²) in [6, 6.07) is 0.873. The number of hydrogen-bond donors (Lipinski definition) is 1. The van der Waals surface area contributed by atoms with Gasteiger partial charge in [0, 0.05) is 38.1 Å². The highest BCUT2D eigenvalue weighted by atomic mass is 16.2. The SMILES string of the molecule is CC1CN2CCCC2CN1C(=O)C1CCC(=O)NC1. The molecule has 2 amide bonds. The number of carbonyl (C=O) groups is 2. The first-order valence-electron chi connectivity index (χ1n) is 7.46. The topological polar surface area (TPSA) is 52.7 Å². The van der Waals surface area contributed by atoms with Gasteiger partial charge in [-0.15, -0.1) is 0 Å². The summed E-state index contributed by atoms with van der Waals surface area (Å²) >= 11 is 0. The van der Waals surface area contributed by atoms with Gasteiger partial charge in [0.25, 0.3) is 0 Å². The van der Waals surface area contributed by atoms with Crippen LogP contribution >= 0.6 is 0 Å². The monoisotopic (exact) mass is 265 g/mol. The van der Waals surface area contributed by atoms with Gasteiger partial charge in [-0.2, -0.15) is 0 Å². The molecule has 0 aromatic rings. The quantitative estimate of drug-likeness (QED) is 0.737. The Hall–Kier alpha value is -1.10. The molecule has 0 bridgehead atoms. The molecule has 3 atom stereocenters. The summed E-state index contributed by atoms with van der Waals surface area (Å²) in [7, 11) is 0. The summed E-state index contributed by atoms with van der Waals surface area (Å²) in [4.78, 5) is 28.4. The average Bonchev–Trinajstić information content (AvgIpc) is 2.85. The zero-order valence-electron chi connectivity index (χ0n) is 11.6. The number of carbonyl (C=O) groups excluding carboxylic acids is 2. The maximum atomic E-state index is 12.6. The molecule has 19 heavy (non-hydrogen) atoms. The molecule has 0 aliphatic carbocycles. The van der Waals surface area contributed by atoms with E-state index in [1.165, 1.54) is 19.4 Å². The number of piperidine rings is 1. The van der Waals surface area contributed by atoms with Gasteiger partial charge in [-0.1, -0.05) is 0 Å². The molecule has 0 aromatic carbocycles. The summed E-state index contributed by atoms with van der Waals surface area (Å²) in [5.74, 6) is 0.324. The Morgan fingerprint density at radius 1 is 1.32 bits per heavy atom. The Balaban J connectivity index is 1.64. The van der Waals surface area contributed by atoms with E-state index in [1.54, 1.807) is 0 Å². The van der Waals surface area contributed by atoms with Crippen molar-refractivity contribution < 1.29 is 9.59 Å². The molecule has 3 unspecified atom stereocenters. The maximum Gasteiger partial charge on any atom is 0.227 e. The highest BCUT2D eigenvalue weighted by Gasteiger charge is 2.39. The van der Waals surface area contributed by atoms with E-state index < -0.39 is 0 Å². The van der Waals surface area contributed by atoms with Gasteiger partial charge < -0.3 is 10.2 Å². The number of nitrogens with one attached hydrogen (secondary N) is 1. The zero-order chi connectivity index (χ0) is 13.4. The fourth-order valence-electron chi connectivity index (χ4n) is 3.67. The molecular weight excluding hydrogens is 242 g/mol. The third-order valence-electron chi connectivity index (χ3n) is 4.84. The Morgan fingerprint density at radius 2 is 2.16 bits per heavy atom. The van der Waals surface area contributed by atoms with Crippen LogP contribution < -0.4 is 5.32 Å². The van der Waals surface area contributed by atoms with Gasteiger partial charge in [0.2, 0.25) is 11.8 Å². The van der Waals surface area contributed by atoms with E-state index in [4.69, 9.17) is 0 Å². The normalized spacial score (nSPS) is 35.9. The predicted octanol–water partition coefficient (Wildman–Crippen LogP) is 0.208. The molecule has 1 N–H and O–H groups in total. The van der Waals surface area contributed by atoms with E-state index in [9.17, 15) is 9.59 Å². The lowest BCUT2D eigenvalue weighted by atomic mass is 9.95. The van der Waals surface area contributed by atoms with E-state index in [1.807, 2.05) is 0 Å². The highest BCUT2D eigenvalue weighted by Crippen LogP contribution is 2.26. The van der Waals surface area contributed by atoms with Crippen LogP contribution in [0.15, 0.2) is 0 Å². The number of nitrogens with zero attached hydrogens (tertiary/aromatic N) is 2. The van der Waals surface area contributed by atoms with Crippen LogP contribution in [-0.2, 0) is 9.59 Å². The van der Waals surface area contributed by atoms with Crippen molar-refractivity contribution in [1.29, 1.82) is 0 Å². The lowest BCUT2D eigenvalue weighted by Gasteiger charge is -2.43. The Morgan fingerprint density at radius 3 is 2.89 bits per heavy atom. The smallest absolute Gasteiger partial charge is 0.227 e.